The molecule has 120 valence electrons. The van der Waals surface area contributed by atoms with Crippen LogP contribution in [0, 0.1) is 11.6 Å². The molecule has 1 saturated heterocycles. The number of hydrogen-bond donors (Lipinski definition) is 2. The summed E-state index contributed by atoms with van der Waals surface area (Å²) in [6.07, 6.45) is 0.218. The molecule has 1 heterocycles. The molecular formula is C14H15F2NO4S. The standard InChI is InChI=1S/C14H15F2NO4S/c15-10-2-1-9(5-11(10)16)22-7-12(18)17-14(6-13(19)20)3-4-21-8-14/h1-2,5H,3-4,6-8H2,(H,17,18)(H,19,20). The smallest absolute Gasteiger partial charge is 0.305 e. The Hall–Kier alpha value is -1.67. The first-order chi connectivity index (χ1) is 10.4. The van der Waals surface area contributed by atoms with Crippen LogP contribution in [0.15, 0.2) is 23.1 Å². The molecule has 1 atom stereocenters. The summed E-state index contributed by atoms with van der Waals surface area (Å²) in [5.41, 5.74) is -0.891. The number of carboxylic acids is 1. The molecular weight excluding hydrogens is 316 g/mol. The number of halogens is 2. The number of benzene rings is 1. The molecule has 0 aliphatic carbocycles. The van der Waals surface area contributed by atoms with Crippen LogP contribution in [0.25, 0.3) is 0 Å². The van der Waals surface area contributed by atoms with E-state index in [1.807, 2.05) is 0 Å². The third-order valence-electron chi connectivity index (χ3n) is 3.26. The normalized spacial score (nSPS) is 20.8. The number of carbonyl (C=O) groups is 2. The van der Waals surface area contributed by atoms with Gasteiger partial charge in [-0.15, -0.1) is 11.8 Å². The van der Waals surface area contributed by atoms with Gasteiger partial charge in [-0.2, -0.15) is 0 Å². The lowest BCUT2D eigenvalue weighted by molar-refractivity contribution is -0.139. The minimum Gasteiger partial charge on any atom is -0.481 e. The van der Waals surface area contributed by atoms with Crippen molar-refractivity contribution in [1.82, 2.24) is 5.32 Å². The van der Waals surface area contributed by atoms with E-state index in [1.54, 1.807) is 0 Å². The average molecular weight is 331 g/mol. The Morgan fingerprint density at radius 3 is 2.73 bits per heavy atom. The quantitative estimate of drug-likeness (QED) is 0.778. The van der Waals surface area contributed by atoms with Gasteiger partial charge in [-0.25, -0.2) is 8.78 Å². The molecule has 1 aliphatic rings. The molecule has 1 amide bonds. The van der Waals surface area contributed by atoms with Crippen molar-refractivity contribution in [1.29, 1.82) is 0 Å². The van der Waals surface area contributed by atoms with Gasteiger partial charge in [0.1, 0.15) is 0 Å². The molecule has 2 rings (SSSR count). The molecule has 5 nitrogen and oxygen atoms in total. The number of ether oxygens (including phenoxy) is 1. The van der Waals surface area contributed by atoms with Crippen LogP contribution in [-0.4, -0.2) is 41.5 Å². The van der Waals surface area contributed by atoms with Gasteiger partial charge in [0.25, 0.3) is 0 Å². The number of amides is 1. The van der Waals surface area contributed by atoms with Crippen LogP contribution in [0.2, 0.25) is 0 Å². The molecule has 0 spiro atoms. The van der Waals surface area contributed by atoms with Crippen molar-refractivity contribution in [3.8, 4) is 0 Å². The second-order valence-corrected chi connectivity index (χ2v) is 6.11. The molecule has 8 heteroatoms. The van der Waals surface area contributed by atoms with Gasteiger partial charge < -0.3 is 15.2 Å². The maximum Gasteiger partial charge on any atom is 0.305 e. The zero-order chi connectivity index (χ0) is 16.2. The van der Waals surface area contributed by atoms with Gasteiger partial charge in [0.05, 0.1) is 24.3 Å². The van der Waals surface area contributed by atoms with E-state index in [9.17, 15) is 18.4 Å². The fraction of sp³-hybridized carbons (Fsp3) is 0.429. The molecule has 1 unspecified atom stereocenters. The van der Waals surface area contributed by atoms with Crippen molar-refractivity contribution >= 4 is 23.6 Å². The minimum atomic E-state index is -1.01. The molecule has 0 bridgehead atoms. The van der Waals surface area contributed by atoms with Crippen molar-refractivity contribution in [2.24, 2.45) is 0 Å². The van der Waals surface area contributed by atoms with Crippen molar-refractivity contribution < 1.29 is 28.2 Å². The predicted molar refractivity (Wildman–Crippen MR) is 75.6 cm³/mol. The van der Waals surface area contributed by atoms with Crippen LogP contribution >= 0.6 is 11.8 Å². The first-order valence-electron chi connectivity index (χ1n) is 6.59. The van der Waals surface area contributed by atoms with Crippen molar-refractivity contribution in [3.05, 3.63) is 29.8 Å². The summed E-state index contributed by atoms with van der Waals surface area (Å²) in [6.45, 7) is 0.546. The first kappa shape index (κ1) is 16.7. The Morgan fingerprint density at radius 1 is 1.36 bits per heavy atom. The van der Waals surface area contributed by atoms with Crippen molar-refractivity contribution in [2.45, 2.75) is 23.3 Å². The fourth-order valence-corrected chi connectivity index (χ4v) is 2.95. The lowest BCUT2D eigenvalue weighted by Gasteiger charge is -2.26. The van der Waals surface area contributed by atoms with Gasteiger partial charge in [0.15, 0.2) is 11.6 Å². The number of aliphatic carboxylic acids is 1. The molecule has 0 saturated carbocycles. The number of carboxylic acid groups (broad SMARTS) is 1. The van der Waals surface area contributed by atoms with Crippen LogP contribution in [0.4, 0.5) is 8.78 Å². The van der Waals surface area contributed by atoms with Crippen LogP contribution in [0.3, 0.4) is 0 Å². The summed E-state index contributed by atoms with van der Waals surface area (Å²) >= 11 is 1.05. The molecule has 1 aliphatic heterocycles. The Kier molecular flexibility index (Phi) is 5.36. The summed E-state index contributed by atoms with van der Waals surface area (Å²) in [5, 5.41) is 11.6. The van der Waals surface area contributed by atoms with E-state index in [-0.39, 0.29) is 24.7 Å². The lowest BCUT2D eigenvalue weighted by Crippen LogP contribution is -2.51. The van der Waals surface area contributed by atoms with Crippen LogP contribution in [0.5, 0.6) is 0 Å². The van der Waals surface area contributed by atoms with E-state index >= 15 is 0 Å². The Morgan fingerprint density at radius 2 is 2.14 bits per heavy atom. The van der Waals surface area contributed by atoms with Crippen LogP contribution in [0.1, 0.15) is 12.8 Å². The molecule has 22 heavy (non-hydrogen) atoms. The third kappa shape index (κ3) is 4.41. The van der Waals surface area contributed by atoms with E-state index in [1.165, 1.54) is 6.07 Å². The number of hydrogen-bond acceptors (Lipinski definition) is 4. The van der Waals surface area contributed by atoms with E-state index in [0.717, 1.165) is 23.9 Å². The highest BCUT2D eigenvalue weighted by Gasteiger charge is 2.38. The SMILES string of the molecule is O=C(O)CC1(NC(=O)CSc2ccc(F)c(F)c2)CCOC1. The van der Waals surface area contributed by atoms with Crippen molar-refractivity contribution in [2.75, 3.05) is 19.0 Å². The highest BCUT2D eigenvalue weighted by Crippen LogP contribution is 2.24. The molecule has 0 aromatic heterocycles. The highest BCUT2D eigenvalue weighted by molar-refractivity contribution is 8.00. The van der Waals surface area contributed by atoms with Gasteiger partial charge in [-0.05, 0) is 24.6 Å². The van der Waals surface area contributed by atoms with Crippen LogP contribution < -0.4 is 5.32 Å². The summed E-state index contributed by atoms with van der Waals surface area (Å²) in [5.74, 6) is -3.33. The number of nitrogens with one attached hydrogen (secondary N) is 1. The van der Waals surface area contributed by atoms with Gasteiger partial charge in [-0.3, -0.25) is 9.59 Å². The largest absolute Gasteiger partial charge is 0.481 e. The number of carbonyl (C=O) groups excluding carboxylic acids is 1. The van der Waals surface area contributed by atoms with Crippen molar-refractivity contribution in [3.63, 3.8) is 0 Å². The molecule has 1 fully saturated rings. The summed E-state index contributed by atoms with van der Waals surface area (Å²) < 4.78 is 31.0. The Bertz CT molecular complexity index is 576. The first-order valence-corrected chi connectivity index (χ1v) is 7.57. The van der Waals surface area contributed by atoms with Crippen LogP contribution in [-0.2, 0) is 14.3 Å². The van der Waals surface area contributed by atoms with Gasteiger partial charge >= 0.3 is 5.97 Å². The Labute approximate surface area is 130 Å². The van der Waals surface area contributed by atoms with Gasteiger partial charge in [0, 0.05) is 11.5 Å². The average Bonchev–Trinajstić information content (AvgIpc) is 2.87. The number of rotatable bonds is 6. The van der Waals surface area contributed by atoms with E-state index in [2.05, 4.69) is 5.32 Å². The fourth-order valence-electron chi connectivity index (χ4n) is 2.23. The maximum absolute atomic E-state index is 13.1. The predicted octanol–water partition coefficient (Wildman–Crippen LogP) is 1.81. The molecule has 2 N–H and O–H groups in total. The third-order valence-corrected chi connectivity index (χ3v) is 4.25. The molecule has 1 aromatic rings. The second kappa shape index (κ2) is 7.06. The minimum absolute atomic E-state index is 0.0214. The van der Waals surface area contributed by atoms with E-state index in [0.29, 0.717) is 17.9 Å². The summed E-state index contributed by atoms with van der Waals surface area (Å²) in [6, 6.07) is 3.38. The zero-order valence-corrected chi connectivity index (χ0v) is 12.4. The van der Waals surface area contributed by atoms with E-state index in [4.69, 9.17) is 9.84 Å². The molecule has 0 radical (unpaired) electrons. The van der Waals surface area contributed by atoms with Gasteiger partial charge in [0.2, 0.25) is 5.91 Å². The monoisotopic (exact) mass is 331 g/mol. The summed E-state index contributed by atoms with van der Waals surface area (Å²) in [7, 11) is 0. The number of thioether (sulfide) groups is 1. The molecule has 1 aromatic carbocycles. The zero-order valence-electron chi connectivity index (χ0n) is 11.6. The maximum atomic E-state index is 13.1. The van der Waals surface area contributed by atoms with E-state index < -0.39 is 23.1 Å². The Balaban J connectivity index is 1.91. The highest BCUT2D eigenvalue weighted by atomic mass is 32.2. The summed E-state index contributed by atoms with van der Waals surface area (Å²) in [4.78, 5) is 23.3. The topological polar surface area (TPSA) is 75.6 Å². The lowest BCUT2D eigenvalue weighted by atomic mass is 9.94. The van der Waals surface area contributed by atoms with Gasteiger partial charge in [-0.1, -0.05) is 0 Å². The second-order valence-electron chi connectivity index (χ2n) is 5.07.